The highest BCUT2D eigenvalue weighted by Crippen LogP contribution is 2.02. The van der Waals surface area contributed by atoms with Crippen LogP contribution >= 0.6 is 0 Å². The molecule has 5 nitrogen and oxygen atoms in total. The highest BCUT2D eigenvalue weighted by atomic mass is 16.5. The predicted molar refractivity (Wildman–Crippen MR) is 73.6 cm³/mol. The van der Waals surface area contributed by atoms with Gasteiger partial charge in [-0.25, -0.2) is 0 Å². The fraction of sp³-hybridized carbons (Fsp3) is 0.500. The molecule has 0 aliphatic rings. The van der Waals surface area contributed by atoms with E-state index in [0.717, 1.165) is 5.56 Å². The van der Waals surface area contributed by atoms with Gasteiger partial charge in [0.2, 0.25) is 5.91 Å². The summed E-state index contributed by atoms with van der Waals surface area (Å²) in [6.07, 6.45) is 0.948. The van der Waals surface area contributed by atoms with Crippen LogP contribution in [0.5, 0.6) is 0 Å². The monoisotopic (exact) mass is 266 g/mol. The Hall–Kier alpha value is -1.43. The lowest BCUT2D eigenvalue weighted by atomic mass is 10.1. The first-order valence-corrected chi connectivity index (χ1v) is 6.37. The summed E-state index contributed by atoms with van der Waals surface area (Å²) >= 11 is 0. The fourth-order valence-corrected chi connectivity index (χ4v) is 1.82. The first-order valence-electron chi connectivity index (χ1n) is 6.37. The van der Waals surface area contributed by atoms with Crippen LogP contribution in [0.25, 0.3) is 0 Å². The van der Waals surface area contributed by atoms with E-state index in [9.17, 15) is 4.79 Å². The van der Waals surface area contributed by atoms with Crippen molar-refractivity contribution >= 4 is 5.91 Å². The molecule has 0 bridgehead atoms. The van der Waals surface area contributed by atoms with Crippen LogP contribution < -0.4 is 11.1 Å². The topological polar surface area (TPSA) is 84.6 Å². The smallest absolute Gasteiger partial charge is 0.237 e. The van der Waals surface area contributed by atoms with Crippen LogP contribution in [0.15, 0.2) is 30.3 Å². The van der Waals surface area contributed by atoms with Crippen LogP contribution in [-0.2, 0) is 16.0 Å². The third-order valence-corrected chi connectivity index (χ3v) is 2.83. The molecular weight excluding hydrogens is 244 g/mol. The molecule has 0 aliphatic heterocycles. The van der Waals surface area contributed by atoms with Crippen molar-refractivity contribution in [1.29, 1.82) is 0 Å². The van der Waals surface area contributed by atoms with Crippen molar-refractivity contribution in [2.45, 2.75) is 24.9 Å². The van der Waals surface area contributed by atoms with Crippen molar-refractivity contribution in [3.8, 4) is 0 Å². The van der Waals surface area contributed by atoms with Gasteiger partial charge in [0.1, 0.15) is 0 Å². The number of rotatable bonds is 8. The average Bonchev–Trinajstić information content (AvgIpc) is 2.40. The van der Waals surface area contributed by atoms with Gasteiger partial charge in [0.05, 0.1) is 18.7 Å². The molecule has 0 saturated heterocycles. The van der Waals surface area contributed by atoms with Crippen molar-refractivity contribution in [2.24, 2.45) is 5.73 Å². The summed E-state index contributed by atoms with van der Waals surface area (Å²) in [6, 6.07) is 8.83. The Kier molecular flexibility index (Phi) is 7.10. The van der Waals surface area contributed by atoms with Gasteiger partial charge in [-0.2, -0.15) is 0 Å². The summed E-state index contributed by atoms with van der Waals surface area (Å²) in [5.41, 5.74) is 6.90. The van der Waals surface area contributed by atoms with E-state index in [2.05, 4.69) is 5.32 Å². The van der Waals surface area contributed by atoms with Crippen LogP contribution in [0.3, 0.4) is 0 Å². The highest BCUT2D eigenvalue weighted by molar-refractivity contribution is 5.82. The fourth-order valence-electron chi connectivity index (χ4n) is 1.82. The van der Waals surface area contributed by atoms with Crippen molar-refractivity contribution in [3.05, 3.63) is 35.9 Å². The van der Waals surface area contributed by atoms with E-state index in [1.807, 2.05) is 30.3 Å². The van der Waals surface area contributed by atoms with Gasteiger partial charge in [0.15, 0.2) is 0 Å². The number of hydrogen-bond acceptors (Lipinski definition) is 4. The van der Waals surface area contributed by atoms with Gasteiger partial charge in [0.25, 0.3) is 0 Å². The van der Waals surface area contributed by atoms with Crippen molar-refractivity contribution in [1.82, 2.24) is 5.32 Å². The molecule has 0 aliphatic carbocycles. The largest absolute Gasteiger partial charge is 0.396 e. The number of amides is 1. The molecule has 5 heteroatoms. The first-order chi connectivity index (χ1) is 9.17. The summed E-state index contributed by atoms with van der Waals surface area (Å²) in [6.45, 7) is 0.368. The van der Waals surface area contributed by atoms with Gasteiger partial charge < -0.3 is 20.9 Å². The second-order valence-electron chi connectivity index (χ2n) is 4.47. The Morgan fingerprint density at radius 3 is 2.68 bits per heavy atom. The number of aliphatic hydroxyl groups is 1. The van der Waals surface area contributed by atoms with Gasteiger partial charge in [-0.15, -0.1) is 0 Å². The van der Waals surface area contributed by atoms with E-state index in [0.29, 0.717) is 19.4 Å². The summed E-state index contributed by atoms with van der Waals surface area (Å²) < 4.78 is 4.99. The molecule has 2 atom stereocenters. The zero-order chi connectivity index (χ0) is 14.1. The number of ether oxygens (including phenoxy) is 1. The molecular formula is C14H22N2O3. The molecule has 1 aromatic carbocycles. The lowest BCUT2D eigenvalue weighted by molar-refractivity contribution is -0.123. The minimum atomic E-state index is -0.597. The number of nitrogens with one attached hydrogen (secondary N) is 1. The number of methoxy groups -OCH3 is 1. The molecule has 1 aromatic rings. The molecule has 0 aromatic heterocycles. The average molecular weight is 266 g/mol. The van der Waals surface area contributed by atoms with E-state index in [-0.39, 0.29) is 18.6 Å². The molecule has 0 spiro atoms. The van der Waals surface area contributed by atoms with Crippen LogP contribution in [0.2, 0.25) is 0 Å². The Labute approximate surface area is 113 Å². The lowest BCUT2D eigenvalue weighted by Crippen LogP contribution is -2.48. The van der Waals surface area contributed by atoms with Crippen LogP contribution in [0.1, 0.15) is 12.0 Å². The summed E-state index contributed by atoms with van der Waals surface area (Å²) in [5, 5.41) is 11.7. The number of nitrogens with two attached hydrogens (primary N) is 1. The number of carbonyl (C=O) groups excluding carboxylic acids is 1. The van der Waals surface area contributed by atoms with Crippen molar-refractivity contribution in [3.63, 3.8) is 0 Å². The summed E-state index contributed by atoms with van der Waals surface area (Å²) in [5.74, 6) is -0.223. The van der Waals surface area contributed by atoms with Gasteiger partial charge in [-0.1, -0.05) is 30.3 Å². The molecule has 19 heavy (non-hydrogen) atoms. The highest BCUT2D eigenvalue weighted by Gasteiger charge is 2.18. The van der Waals surface area contributed by atoms with E-state index >= 15 is 0 Å². The molecule has 0 radical (unpaired) electrons. The van der Waals surface area contributed by atoms with E-state index < -0.39 is 6.04 Å². The molecule has 0 fully saturated rings. The maximum Gasteiger partial charge on any atom is 0.237 e. The van der Waals surface area contributed by atoms with Crippen molar-refractivity contribution in [2.75, 3.05) is 20.3 Å². The van der Waals surface area contributed by atoms with Crippen LogP contribution in [0, 0.1) is 0 Å². The van der Waals surface area contributed by atoms with Gasteiger partial charge >= 0.3 is 0 Å². The zero-order valence-corrected chi connectivity index (χ0v) is 11.2. The summed E-state index contributed by atoms with van der Waals surface area (Å²) in [4.78, 5) is 11.9. The lowest BCUT2D eigenvalue weighted by Gasteiger charge is -2.19. The quantitative estimate of drug-likeness (QED) is 0.621. The molecule has 1 unspecified atom stereocenters. The predicted octanol–water partition coefficient (Wildman–Crippen LogP) is 0.0700. The zero-order valence-electron chi connectivity index (χ0n) is 11.2. The first kappa shape index (κ1) is 15.6. The number of hydrogen-bond donors (Lipinski definition) is 3. The number of benzene rings is 1. The molecule has 106 valence electrons. The normalized spacial score (nSPS) is 13.8. The molecule has 0 saturated carbocycles. The second-order valence-corrected chi connectivity index (χ2v) is 4.47. The third kappa shape index (κ3) is 5.83. The Bertz CT molecular complexity index is 364. The summed E-state index contributed by atoms with van der Waals surface area (Å²) in [7, 11) is 1.56. The van der Waals surface area contributed by atoms with E-state index in [1.165, 1.54) is 0 Å². The van der Waals surface area contributed by atoms with Gasteiger partial charge in [-0.3, -0.25) is 4.79 Å². The number of carbonyl (C=O) groups is 1. The third-order valence-electron chi connectivity index (χ3n) is 2.83. The van der Waals surface area contributed by atoms with E-state index in [4.69, 9.17) is 15.6 Å². The maximum absolute atomic E-state index is 11.9. The number of aliphatic hydroxyl groups excluding tert-OH is 1. The Morgan fingerprint density at radius 1 is 1.42 bits per heavy atom. The SMILES string of the molecule is COCC(CCO)NC(=O)[C@H](N)Cc1ccccc1. The minimum Gasteiger partial charge on any atom is -0.396 e. The Morgan fingerprint density at radius 2 is 2.11 bits per heavy atom. The van der Waals surface area contributed by atoms with Gasteiger partial charge in [-0.05, 0) is 18.4 Å². The second kappa shape index (κ2) is 8.63. The van der Waals surface area contributed by atoms with Crippen molar-refractivity contribution < 1.29 is 14.6 Å². The minimum absolute atomic E-state index is 0.00221. The van der Waals surface area contributed by atoms with Crippen LogP contribution in [-0.4, -0.2) is 43.4 Å². The Balaban J connectivity index is 2.47. The molecule has 0 heterocycles. The molecule has 4 N–H and O–H groups in total. The molecule has 1 rings (SSSR count). The maximum atomic E-state index is 11.9. The van der Waals surface area contributed by atoms with Crippen LogP contribution in [0.4, 0.5) is 0 Å². The van der Waals surface area contributed by atoms with E-state index in [1.54, 1.807) is 7.11 Å². The van der Waals surface area contributed by atoms with Gasteiger partial charge in [0, 0.05) is 13.7 Å². The molecule has 1 amide bonds. The standard InChI is InChI=1S/C14H22N2O3/c1-19-10-12(7-8-17)16-14(18)13(15)9-11-5-3-2-4-6-11/h2-6,12-13,17H,7-10,15H2,1H3,(H,16,18)/t12?,13-/m1/s1.